The third-order valence-electron chi connectivity index (χ3n) is 6.94. The number of fused-ring (bicyclic) bond motifs is 1. The number of nitrogens with one attached hydrogen (secondary N) is 1. The van der Waals surface area contributed by atoms with Crippen LogP contribution in [0.1, 0.15) is 34.7 Å². The van der Waals surface area contributed by atoms with Crippen molar-refractivity contribution in [2.75, 3.05) is 38.0 Å². The number of anilines is 1. The van der Waals surface area contributed by atoms with Gasteiger partial charge in [-0.05, 0) is 54.6 Å². The Kier molecular flexibility index (Phi) is 6.40. The molecule has 0 spiro atoms. The second-order valence-corrected chi connectivity index (χ2v) is 9.37. The number of nitrogens with zero attached hydrogens (tertiary/aromatic N) is 3. The molecule has 1 saturated heterocycles. The van der Waals surface area contributed by atoms with E-state index < -0.39 is 0 Å². The van der Waals surface area contributed by atoms with E-state index in [0.29, 0.717) is 19.0 Å². The monoisotopic (exact) mass is 440 g/mol. The third-order valence-corrected chi connectivity index (χ3v) is 6.94. The van der Waals surface area contributed by atoms with Crippen molar-refractivity contribution in [3.63, 3.8) is 0 Å². The molecule has 2 aliphatic rings. The summed E-state index contributed by atoms with van der Waals surface area (Å²) >= 11 is 0. The van der Waals surface area contributed by atoms with Gasteiger partial charge < -0.3 is 10.2 Å². The Bertz CT molecular complexity index is 1100. The van der Waals surface area contributed by atoms with Crippen LogP contribution in [0.2, 0.25) is 0 Å². The van der Waals surface area contributed by atoms with Gasteiger partial charge in [0.25, 0.3) is 0 Å². The lowest BCUT2D eigenvalue weighted by Gasteiger charge is -2.36. The molecular weight excluding hydrogens is 408 g/mol. The number of likely N-dealkylation sites (tertiary alicyclic amines) is 1. The van der Waals surface area contributed by atoms with E-state index in [2.05, 4.69) is 74.7 Å². The number of hydrogen-bond acceptors (Lipinski definition) is 4. The zero-order chi connectivity index (χ0) is 22.6. The Morgan fingerprint density at radius 2 is 1.82 bits per heavy atom. The minimum atomic E-state index is 0.234. The van der Waals surface area contributed by atoms with Gasteiger partial charge in [0.2, 0.25) is 5.91 Å². The maximum absolute atomic E-state index is 13.3. The van der Waals surface area contributed by atoms with Gasteiger partial charge >= 0.3 is 0 Å². The highest BCUT2D eigenvalue weighted by Crippen LogP contribution is 2.33. The molecule has 0 saturated carbocycles. The number of pyridine rings is 1. The van der Waals surface area contributed by atoms with E-state index >= 15 is 0 Å². The van der Waals surface area contributed by atoms with E-state index in [1.54, 1.807) is 0 Å². The van der Waals surface area contributed by atoms with Crippen LogP contribution < -0.4 is 5.32 Å². The van der Waals surface area contributed by atoms with Crippen LogP contribution in [0, 0.1) is 12.8 Å². The van der Waals surface area contributed by atoms with Crippen molar-refractivity contribution < 1.29 is 4.79 Å². The van der Waals surface area contributed by atoms with Gasteiger partial charge in [0.1, 0.15) is 5.82 Å². The molecular formula is C28H32N4O. The van der Waals surface area contributed by atoms with Crippen molar-refractivity contribution in [1.29, 1.82) is 0 Å². The summed E-state index contributed by atoms with van der Waals surface area (Å²) in [6, 6.07) is 25.2. The number of carbonyl (C=O) groups is 1. The average Bonchev–Trinajstić information content (AvgIpc) is 3.30. The predicted octanol–water partition coefficient (Wildman–Crippen LogP) is 4.30. The summed E-state index contributed by atoms with van der Waals surface area (Å²) in [6.07, 6.45) is 1.11. The first-order valence-corrected chi connectivity index (χ1v) is 12.0. The molecule has 5 heteroatoms. The summed E-state index contributed by atoms with van der Waals surface area (Å²) in [5.41, 5.74) is 4.92. The highest BCUT2D eigenvalue weighted by Gasteiger charge is 2.31. The lowest BCUT2D eigenvalue weighted by Crippen LogP contribution is -2.43. The molecule has 1 N–H and O–H groups in total. The van der Waals surface area contributed by atoms with Gasteiger partial charge in [-0.25, -0.2) is 4.98 Å². The zero-order valence-electron chi connectivity index (χ0n) is 19.3. The fraction of sp³-hybridized carbons (Fsp3) is 0.357. The third kappa shape index (κ3) is 5.09. The Hall–Kier alpha value is -3.18. The van der Waals surface area contributed by atoms with Gasteiger partial charge in [0.05, 0.1) is 6.54 Å². The summed E-state index contributed by atoms with van der Waals surface area (Å²) in [7, 11) is 0. The van der Waals surface area contributed by atoms with Crippen molar-refractivity contribution in [2.24, 2.45) is 5.92 Å². The Balaban J connectivity index is 1.20. The predicted molar refractivity (Wildman–Crippen MR) is 132 cm³/mol. The van der Waals surface area contributed by atoms with Gasteiger partial charge in [-0.1, -0.05) is 60.7 Å². The van der Waals surface area contributed by atoms with Crippen LogP contribution in [-0.4, -0.2) is 53.4 Å². The van der Waals surface area contributed by atoms with E-state index in [1.165, 1.54) is 16.7 Å². The minimum absolute atomic E-state index is 0.234. The lowest BCUT2D eigenvalue weighted by atomic mass is 9.84. The molecule has 1 amide bonds. The van der Waals surface area contributed by atoms with Crippen molar-refractivity contribution in [2.45, 2.75) is 25.8 Å². The average molecular weight is 441 g/mol. The molecule has 1 aromatic heterocycles. The Labute approximate surface area is 196 Å². The van der Waals surface area contributed by atoms with Crippen LogP contribution in [-0.2, 0) is 11.3 Å². The molecule has 0 bridgehead atoms. The zero-order valence-corrected chi connectivity index (χ0v) is 19.3. The fourth-order valence-corrected chi connectivity index (χ4v) is 5.17. The van der Waals surface area contributed by atoms with Gasteiger partial charge in [0, 0.05) is 37.8 Å². The minimum Gasteiger partial charge on any atom is -0.370 e. The highest BCUT2D eigenvalue weighted by atomic mass is 16.2. The molecule has 33 heavy (non-hydrogen) atoms. The number of benzene rings is 2. The number of amides is 1. The fourth-order valence-electron chi connectivity index (χ4n) is 5.17. The summed E-state index contributed by atoms with van der Waals surface area (Å²) in [4.78, 5) is 22.2. The molecule has 2 aromatic carbocycles. The normalized spacial score (nSPS) is 20.5. The summed E-state index contributed by atoms with van der Waals surface area (Å²) < 4.78 is 0. The maximum Gasteiger partial charge on any atom is 0.237 e. The van der Waals surface area contributed by atoms with Crippen LogP contribution >= 0.6 is 0 Å². The van der Waals surface area contributed by atoms with Crippen molar-refractivity contribution >= 4 is 11.7 Å². The number of aryl methyl sites for hydroxylation is 1. The SMILES string of the molecule is Cc1cccc(NCC2CCN(CC(=O)N3Cc4ccccc4C(c4ccccc4)C3)C2)n1. The van der Waals surface area contributed by atoms with Crippen LogP contribution in [0.4, 0.5) is 5.82 Å². The lowest BCUT2D eigenvalue weighted by molar-refractivity contribution is -0.133. The van der Waals surface area contributed by atoms with Crippen molar-refractivity contribution in [3.05, 3.63) is 95.2 Å². The van der Waals surface area contributed by atoms with E-state index in [4.69, 9.17) is 0 Å². The largest absolute Gasteiger partial charge is 0.370 e. The van der Waals surface area contributed by atoms with Crippen LogP contribution in [0.25, 0.3) is 0 Å². The molecule has 0 aliphatic carbocycles. The molecule has 1 fully saturated rings. The van der Waals surface area contributed by atoms with Gasteiger partial charge in [-0.3, -0.25) is 9.69 Å². The van der Waals surface area contributed by atoms with E-state index in [9.17, 15) is 4.79 Å². The first kappa shape index (κ1) is 21.7. The first-order valence-electron chi connectivity index (χ1n) is 12.0. The Morgan fingerprint density at radius 3 is 2.67 bits per heavy atom. The van der Waals surface area contributed by atoms with E-state index in [1.807, 2.05) is 25.1 Å². The molecule has 2 atom stereocenters. The highest BCUT2D eigenvalue weighted by molar-refractivity contribution is 5.79. The number of hydrogen-bond donors (Lipinski definition) is 1. The molecule has 3 aromatic rings. The molecule has 5 nitrogen and oxygen atoms in total. The molecule has 2 unspecified atom stereocenters. The summed E-state index contributed by atoms with van der Waals surface area (Å²) in [5.74, 6) is 1.94. The molecule has 170 valence electrons. The van der Waals surface area contributed by atoms with Crippen LogP contribution in [0.3, 0.4) is 0 Å². The summed E-state index contributed by atoms with van der Waals surface area (Å²) in [5, 5.41) is 3.47. The van der Waals surface area contributed by atoms with E-state index in [0.717, 1.165) is 44.1 Å². The standard InChI is InChI=1S/C28H32N4O/c1-21-8-7-13-27(30-21)29-16-22-14-15-31(17-22)20-28(33)32-18-24-11-5-6-12-25(24)26(19-32)23-9-3-2-4-10-23/h2-13,22,26H,14-20H2,1H3,(H,29,30). The van der Waals surface area contributed by atoms with Crippen molar-refractivity contribution in [1.82, 2.24) is 14.8 Å². The topological polar surface area (TPSA) is 48.5 Å². The van der Waals surface area contributed by atoms with Crippen LogP contribution in [0.5, 0.6) is 0 Å². The Morgan fingerprint density at radius 1 is 1.00 bits per heavy atom. The number of carbonyl (C=O) groups excluding carboxylic acids is 1. The molecule has 0 radical (unpaired) electrons. The smallest absolute Gasteiger partial charge is 0.237 e. The quantitative estimate of drug-likeness (QED) is 0.621. The molecule has 2 aliphatic heterocycles. The number of rotatable bonds is 6. The molecule has 3 heterocycles. The van der Waals surface area contributed by atoms with Crippen molar-refractivity contribution in [3.8, 4) is 0 Å². The van der Waals surface area contributed by atoms with Gasteiger partial charge in [-0.15, -0.1) is 0 Å². The summed E-state index contributed by atoms with van der Waals surface area (Å²) in [6.45, 7) is 6.80. The second-order valence-electron chi connectivity index (χ2n) is 9.37. The van der Waals surface area contributed by atoms with Gasteiger partial charge in [-0.2, -0.15) is 0 Å². The molecule has 5 rings (SSSR count). The number of aromatic nitrogens is 1. The maximum atomic E-state index is 13.3. The second kappa shape index (κ2) is 9.75. The van der Waals surface area contributed by atoms with E-state index in [-0.39, 0.29) is 11.8 Å². The van der Waals surface area contributed by atoms with Gasteiger partial charge in [0.15, 0.2) is 0 Å². The van der Waals surface area contributed by atoms with Crippen LogP contribution in [0.15, 0.2) is 72.8 Å². The first-order chi connectivity index (χ1) is 16.2.